The zero-order valence-electron chi connectivity index (χ0n) is 16.5. The summed E-state index contributed by atoms with van der Waals surface area (Å²) < 4.78 is 0. The van der Waals surface area contributed by atoms with Crippen LogP contribution in [0.5, 0.6) is 0 Å². The van der Waals surface area contributed by atoms with Gasteiger partial charge in [0.2, 0.25) is 11.8 Å². The molecule has 2 aromatic rings. The number of nitrogens with one attached hydrogen (secondary N) is 1. The van der Waals surface area contributed by atoms with Crippen molar-refractivity contribution < 1.29 is 9.59 Å². The van der Waals surface area contributed by atoms with Crippen LogP contribution in [-0.2, 0) is 16.1 Å². The molecule has 0 aliphatic heterocycles. The molecule has 1 N–H and O–H groups in total. The molecule has 2 amide bonds. The van der Waals surface area contributed by atoms with Crippen molar-refractivity contribution in [3.63, 3.8) is 0 Å². The number of carbonyl (C=O) groups excluding carboxylic acids is 2. The van der Waals surface area contributed by atoms with Gasteiger partial charge in [-0.1, -0.05) is 81.4 Å². The molecule has 0 spiro atoms. The molecule has 2 aromatic carbocycles. The van der Waals surface area contributed by atoms with E-state index in [1.165, 1.54) is 0 Å². The number of hydrogen-bond donors (Lipinski definition) is 1. The average Bonchev–Trinajstić information content (AvgIpc) is 2.67. The molecule has 0 fully saturated rings. The second-order valence-electron chi connectivity index (χ2n) is 7.21. The molecule has 0 heterocycles. The highest BCUT2D eigenvalue weighted by atomic mass is 16.2. The Hall–Kier alpha value is -2.62. The predicted octanol–water partition coefficient (Wildman–Crippen LogP) is 4.33. The summed E-state index contributed by atoms with van der Waals surface area (Å²) in [5, 5.41) is 3.01. The lowest BCUT2D eigenvalue weighted by Gasteiger charge is -2.32. The molecule has 0 saturated carbocycles. The van der Waals surface area contributed by atoms with Crippen LogP contribution in [-0.4, -0.2) is 23.3 Å². The fourth-order valence-electron chi connectivity index (χ4n) is 2.97. The molecule has 0 unspecified atom stereocenters. The van der Waals surface area contributed by atoms with Crippen molar-refractivity contribution in [2.45, 2.75) is 46.2 Å². The molecule has 0 aliphatic carbocycles. The van der Waals surface area contributed by atoms with E-state index in [9.17, 15) is 9.59 Å². The first kappa shape index (κ1) is 20.7. The van der Waals surface area contributed by atoms with Gasteiger partial charge in [-0.05, 0) is 23.5 Å². The summed E-state index contributed by atoms with van der Waals surface area (Å²) in [6.45, 7) is 7.09. The van der Waals surface area contributed by atoms with Crippen LogP contribution in [0.4, 0.5) is 0 Å². The number of nitrogens with zero attached hydrogens (tertiary/aromatic N) is 1. The molecule has 2 rings (SSSR count). The van der Waals surface area contributed by atoms with Crippen molar-refractivity contribution in [1.82, 2.24) is 10.2 Å². The monoisotopic (exact) mass is 366 g/mol. The van der Waals surface area contributed by atoms with Crippen LogP contribution < -0.4 is 5.32 Å². The number of rotatable bonds is 9. The molecule has 4 nitrogen and oxygen atoms in total. The summed E-state index contributed by atoms with van der Waals surface area (Å²) in [5.41, 5.74) is 1.85. The highest BCUT2D eigenvalue weighted by Crippen LogP contribution is 2.25. The maximum atomic E-state index is 13.1. The molecule has 27 heavy (non-hydrogen) atoms. The van der Waals surface area contributed by atoms with E-state index < -0.39 is 6.04 Å². The lowest BCUT2D eigenvalue weighted by Crippen LogP contribution is -2.44. The Labute approximate surface area is 162 Å². The van der Waals surface area contributed by atoms with Gasteiger partial charge in [-0.15, -0.1) is 0 Å². The zero-order chi connectivity index (χ0) is 19.6. The Morgan fingerprint density at radius 1 is 0.963 bits per heavy atom. The van der Waals surface area contributed by atoms with Crippen LogP contribution in [0, 0.1) is 5.92 Å². The van der Waals surface area contributed by atoms with Gasteiger partial charge in [0.25, 0.3) is 0 Å². The lowest BCUT2D eigenvalue weighted by atomic mass is 10.0. The SMILES string of the molecule is CCCC(=O)N(Cc1ccccc1)[C@@H](C(=O)NCC(C)C)c1ccccc1. The largest absolute Gasteiger partial charge is 0.354 e. The predicted molar refractivity (Wildman–Crippen MR) is 109 cm³/mol. The van der Waals surface area contributed by atoms with Gasteiger partial charge in [0.1, 0.15) is 6.04 Å². The smallest absolute Gasteiger partial charge is 0.247 e. The first-order valence-electron chi connectivity index (χ1n) is 9.69. The number of amides is 2. The van der Waals surface area contributed by atoms with E-state index in [-0.39, 0.29) is 11.8 Å². The zero-order valence-corrected chi connectivity index (χ0v) is 16.5. The fraction of sp³-hybridized carbons (Fsp3) is 0.391. The van der Waals surface area contributed by atoms with Crippen molar-refractivity contribution in [1.29, 1.82) is 0 Å². The minimum absolute atomic E-state index is 0.00472. The number of hydrogen-bond acceptors (Lipinski definition) is 2. The maximum Gasteiger partial charge on any atom is 0.247 e. The van der Waals surface area contributed by atoms with Crippen molar-refractivity contribution in [3.8, 4) is 0 Å². The van der Waals surface area contributed by atoms with Crippen LogP contribution in [0.15, 0.2) is 60.7 Å². The van der Waals surface area contributed by atoms with E-state index >= 15 is 0 Å². The van der Waals surface area contributed by atoms with Gasteiger partial charge in [-0.2, -0.15) is 0 Å². The first-order valence-corrected chi connectivity index (χ1v) is 9.69. The van der Waals surface area contributed by atoms with Gasteiger partial charge in [0.15, 0.2) is 0 Å². The van der Waals surface area contributed by atoms with E-state index in [1.807, 2.05) is 67.6 Å². The van der Waals surface area contributed by atoms with E-state index in [0.717, 1.165) is 17.5 Å². The molecule has 0 bridgehead atoms. The van der Waals surface area contributed by atoms with E-state index in [1.54, 1.807) is 4.90 Å². The van der Waals surface area contributed by atoms with Crippen molar-refractivity contribution in [3.05, 3.63) is 71.8 Å². The Morgan fingerprint density at radius 3 is 2.11 bits per heavy atom. The van der Waals surface area contributed by atoms with Gasteiger partial charge >= 0.3 is 0 Å². The second kappa shape index (κ2) is 10.5. The third-order valence-corrected chi connectivity index (χ3v) is 4.34. The average molecular weight is 367 g/mol. The Balaban J connectivity index is 2.38. The summed E-state index contributed by atoms with van der Waals surface area (Å²) in [4.78, 5) is 27.7. The molecular weight excluding hydrogens is 336 g/mol. The molecule has 0 saturated heterocycles. The number of benzene rings is 2. The Kier molecular flexibility index (Phi) is 8.05. The van der Waals surface area contributed by atoms with Crippen molar-refractivity contribution >= 4 is 11.8 Å². The van der Waals surface area contributed by atoms with Gasteiger partial charge < -0.3 is 10.2 Å². The standard InChI is InChI=1S/C23H30N2O2/c1-4-11-21(26)25(17-19-12-7-5-8-13-19)22(20-14-9-6-10-15-20)23(27)24-16-18(2)3/h5-10,12-15,18,22H,4,11,16-17H2,1-3H3,(H,24,27)/t22-/m1/s1. The Morgan fingerprint density at radius 2 is 1.56 bits per heavy atom. The van der Waals surface area contributed by atoms with Gasteiger partial charge in [-0.25, -0.2) is 0 Å². The van der Waals surface area contributed by atoms with Gasteiger partial charge in [0.05, 0.1) is 0 Å². The van der Waals surface area contributed by atoms with Crippen LogP contribution >= 0.6 is 0 Å². The molecule has 4 heteroatoms. The van der Waals surface area contributed by atoms with E-state index in [4.69, 9.17) is 0 Å². The molecule has 0 aliphatic rings. The van der Waals surface area contributed by atoms with Crippen LogP contribution in [0.2, 0.25) is 0 Å². The molecular formula is C23H30N2O2. The van der Waals surface area contributed by atoms with Gasteiger partial charge in [0, 0.05) is 19.5 Å². The summed E-state index contributed by atoms with van der Waals surface area (Å²) in [6.07, 6.45) is 1.17. The second-order valence-corrected chi connectivity index (χ2v) is 7.21. The van der Waals surface area contributed by atoms with E-state index in [2.05, 4.69) is 19.2 Å². The normalized spacial score (nSPS) is 11.9. The van der Waals surface area contributed by atoms with Crippen molar-refractivity contribution in [2.75, 3.05) is 6.54 Å². The molecule has 0 radical (unpaired) electrons. The molecule has 0 aromatic heterocycles. The molecule has 1 atom stereocenters. The minimum Gasteiger partial charge on any atom is -0.354 e. The minimum atomic E-state index is -0.635. The third kappa shape index (κ3) is 6.24. The van der Waals surface area contributed by atoms with Crippen LogP contribution in [0.1, 0.15) is 50.8 Å². The van der Waals surface area contributed by atoms with Crippen molar-refractivity contribution in [2.24, 2.45) is 5.92 Å². The molecule has 144 valence electrons. The fourth-order valence-corrected chi connectivity index (χ4v) is 2.97. The lowest BCUT2D eigenvalue weighted by molar-refractivity contribution is -0.141. The van der Waals surface area contributed by atoms with Crippen LogP contribution in [0.3, 0.4) is 0 Å². The summed E-state index contributed by atoms with van der Waals surface area (Å²) in [6, 6.07) is 18.8. The summed E-state index contributed by atoms with van der Waals surface area (Å²) in [5.74, 6) is 0.212. The third-order valence-electron chi connectivity index (χ3n) is 4.34. The topological polar surface area (TPSA) is 49.4 Å². The number of carbonyl (C=O) groups is 2. The van der Waals surface area contributed by atoms with Gasteiger partial charge in [-0.3, -0.25) is 9.59 Å². The summed E-state index contributed by atoms with van der Waals surface area (Å²) >= 11 is 0. The van der Waals surface area contributed by atoms with Crippen LogP contribution in [0.25, 0.3) is 0 Å². The summed E-state index contributed by atoms with van der Waals surface area (Å²) in [7, 11) is 0. The Bertz CT molecular complexity index is 714. The highest BCUT2D eigenvalue weighted by Gasteiger charge is 2.30. The quantitative estimate of drug-likeness (QED) is 0.718. The maximum absolute atomic E-state index is 13.1. The first-order chi connectivity index (χ1) is 13.0. The van der Waals surface area contributed by atoms with E-state index in [0.29, 0.717) is 25.4 Å². The highest BCUT2D eigenvalue weighted by molar-refractivity contribution is 5.88.